The number of carbonyl (C=O) groups is 2. The molecule has 0 saturated carbocycles. The van der Waals surface area contributed by atoms with Crippen molar-refractivity contribution in [1.82, 2.24) is 5.32 Å². The van der Waals surface area contributed by atoms with E-state index in [0.717, 1.165) is 5.57 Å². The third-order valence-electron chi connectivity index (χ3n) is 3.12. The lowest BCUT2D eigenvalue weighted by Gasteiger charge is -2.21. The standard InChI is InChI=1S/C11H17NO4/c1-5(2)9-6(3)12-10(11(15)16)7(9)4-8(13)14/h6-7,9-10,12H,1,4H2,2-3H3,(H,13,14)(H,15,16)/t6-,7-,9-,10-/m0/s1. The number of carboxylic acids is 2. The smallest absolute Gasteiger partial charge is 0.321 e. The lowest BCUT2D eigenvalue weighted by Crippen LogP contribution is -2.38. The van der Waals surface area contributed by atoms with Crippen molar-refractivity contribution in [3.05, 3.63) is 12.2 Å². The topological polar surface area (TPSA) is 86.6 Å². The number of carboxylic acid groups (broad SMARTS) is 2. The summed E-state index contributed by atoms with van der Waals surface area (Å²) in [7, 11) is 0. The van der Waals surface area contributed by atoms with Crippen LogP contribution in [0.25, 0.3) is 0 Å². The molecule has 5 nitrogen and oxygen atoms in total. The van der Waals surface area contributed by atoms with E-state index in [2.05, 4.69) is 11.9 Å². The van der Waals surface area contributed by atoms with Crippen molar-refractivity contribution in [2.24, 2.45) is 11.8 Å². The summed E-state index contributed by atoms with van der Waals surface area (Å²) in [4.78, 5) is 21.8. The molecular formula is C11H17NO4. The van der Waals surface area contributed by atoms with E-state index in [1.165, 1.54) is 0 Å². The molecule has 0 aromatic heterocycles. The highest BCUT2D eigenvalue weighted by Gasteiger charge is 2.45. The number of hydrogen-bond acceptors (Lipinski definition) is 3. The highest BCUT2D eigenvalue weighted by molar-refractivity contribution is 5.76. The molecule has 1 heterocycles. The first-order valence-corrected chi connectivity index (χ1v) is 5.20. The average Bonchev–Trinajstić information content (AvgIpc) is 2.41. The quantitative estimate of drug-likeness (QED) is 0.616. The van der Waals surface area contributed by atoms with Crippen molar-refractivity contribution in [1.29, 1.82) is 0 Å². The molecule has 3 N–H and O–H groups in total. The molecule has 1 aliphatic rings. The van der Waals surface area contributed by atoms with Crippen LogP contribution in [0, 0.1) is 11.8 Å². The molecule has 0 spiro atoms. The summed E-state index contributed by atoms with van der Waals surface area (Å²) in [5.74, 6) is -2.50. The minimum absolute atomic E-state index is 0.0528. The molecular weight excluding hydrogens is 210 g/mol. The third-order valence-corrected chi connectivity index (χ3v) is 3.12. The van der Waals surface area contributed by atoms with E-state index >= 15 is 0 Å². The molecule has 1 fully saturated rings. The lowest BCUT2D eigenvalue weighted by molar-refractivity contribution is -0.142. The maximum atomic E-state index is 11.0. The summed E-state index contributed by atoms with van der Waals surface area (Å²) in [6.45, 7) is 7.48. The number of rotatable bonds is 4. The Morgan fingerprint density at radius 1 is 1.38 bits per heavy atom. The number of hydrogen-bond donors (Lipinski definition) is 3. The number of nitrogens with one attached hydrogen (secondary N) is 1. The minimum Gasteiger partial charge on any atom is -0.481 e. The zero-order valence-corrected chi connectivity index (χ0v) is 9.43. The van der Waals surface area contributed by atoms with Crippen LogP contribution in [0.3, 0.4) is 0 Å². The van der Waals surface area contributed by atoms with Gasteiger partial charge in [0, 0.05) is 12.0 Å². The van der Waals surface area contributed by atoms with Gasteiger partial charge in [-0.2, -0.15) is 0 Å². The van der Waals surface area contributed by atoms with Crippen LogP contribution in [0.15, 0.2) is 12.2 Å². The van der Waals surface area contributed by atoms with Gasteiger partial charge in [-0.05, 0) is 19.8 Å². The fourth-order valence-corrected chi connectivity index (χ4v) is 2.58. The Bertz CT molecular complexity index is 326. The predicted molar refractivity (Wildman–Crippen MR) is 58.1 cm³/mol. The zero-order chi connectivity index (χ0) is 12.5. The van der Waals surface area contributed by atoms with Gasteiger partial charge in [0.05, 0.1) is 6.42 Å². The molecule has 0 aromatic rings. The van der Waals surface area contributed by atoms with E-state index < -0.39 is 23.9 Å². The molecule has 0 amide bonds. The summed E-state index contributed by atoms with van der Waals surface area (Å²) in [6.07, 6.45) is -0.147. The summed E-state index contributed by atoms with van der Waals surface area (Å²) in [6, 6.07) is -0.851. The average molecular weight is 227 g/mol. The van der Waals surface area contributed by atoms with Gasteiger partial charge in [-0.25, -0.2) is 0 Å². The van der Waals surface area contributed by atoms with Crippen LogP contribution in [0.1, 0.15) is 20.3 Å². The maximum Gasteiger partial charge on any atom is 0.321 e. The molecule has 0 radical (unpaired) electrons. The van der Waals surface area contributed by atoms with Crippen LogP contribution in [0.4, 0.5) is 0 Å². The molecule has 5 heteroatoms. The van der Waals surface area contributed by atoms with Crippen molar-refractivity contribution in [2.45, 2.75) is 32.4 Å². The van der Waals surface area contributed by atoms with E-state index in [9.17, 15) is 9.59 Å². The van der Waals surface area contributed by atoms with E-state index in [-0.39, 0.29) is 18.4 Å². The van der Waals surface area contributed by atoms with Crippen molar-refractivity contribution >= 4 is 11.9 Å². The second-order valence-electron chi connectivity index (χ2n) is 4.41. The molecule has 90 valence electrons. The first-order valence-electron chi connectivity index (χ1n) is 5.20. The molecule has 1 saturated heterocycles. The van der Waals surface area contributed by atoms with Gasteiger partial charge < -0.3 is 15.5 Å². The van der Waals surface area contributed by atoms with Gasteiger partial charge in [-0.3, -0.25) is 9.59 Å². The second-order valence-corrected chi connectivity index (χ2v) is 4.41. The predicted octanol–water partition coefficient (Wildman–Crippen LogP) is 0.715. The molecule has 0 unspecified atom stereocenters. The monoisotopic (exact) mass is 227 g/mol. The zero-order valence-electron chi connectivity index (χ0n) is 9.43. The molecule has 0 aliphatic carbocycles. The van der Waals surface area contributed by atoms with E-state index in [1.807, 2.05) is 13.8 Å². The minimum atomic E-state index is -0.998. The first-order chi connectivity index (χ1) is 7.34. The van der Waals surface area contributed by atoms with E-state index in [0.29, 0.717) is 0 Å². The Morgan fingerprint density at radius 3 is 2.31 bits per heavy atom. The largest absolute Gasteiger partial charge is 0.481 e. The van der Waals surface area contributed by atoms with Crippen LogP contribution in [-0.4, -0.2) is 34.2 Å². The summed E-state index contributed by atoms with van der Waals surface area (Å²) in [5.41, 5.74) is 0.829. The Morgan fingerprint density at radius 2 is 1.94 bits per heavy atom. The highest BCUT2D eigenvalue weighted by Crippen LogP contribution is 2.34. The van der Waals surface area contributed by atoms with Crippen molar-refractivity contribution in [3.8, 4) is 0 Å². The maximum absolute atomic E-state index is 11.0. The van der Waals surface area contributed by atoms with Gasteiger partial charge in [0.15, 0.2) is 0 Å². The van der Waals surface area contributed by atoms with E-state index in [1.54, 1.807) is 0 Å². The molecule has 0 aromatic carbocycles. The molecule has 16 heavy (non-hydrogen) atoms. The Hall–Kier alpha value is -1.36. The lowest BCUT2D eigenvalue weighted by atomic mass is 9.81. The SMILES string of the molecule is C=C(C)[C@@H]1[C@H](CC(=O)O)[C@@H](C(=O)O)N[C@H]1C. The Balaban J connectivity index is 2.94. The fourth-order valence-electron chi connectivity index (χ4n) is 2.58. The van der Waals surface area contributed by atoms with Crippen LogP contribution < -0.4 is 5.32 Å². The molecule has 1 rings (SSSR count). The first kappa shape index (κ1) is 12.7. The summed E-state index contributed by atoms with van der Waals surface area (Å²) >= 11 is 0. The van der Waals surface area contributed by atoms with Crippen LogP contribution in [0.2, 0.25) is 0 Å². The van der Waals surface area contributed by atoms with Crippen LogP contribution >= 0.6 is 0 Å². The van der Waals surface area contributed by atoms with Gasteiger partial charge in [0.1, 0.15) is 6.04 Å². The van der Waals surface area contributed by atoms with Gasteiger partial charge in [0.2, 0.25) is 0 Å². The highest BCUT2D eigenvalue weighted by atomic mass is 16.4. The second kappa shape index (κ2) is 4.65. The van der Waals surface area contributed by atoms with Gasteiger partial charge in [-0.1, -0.05) is 12.2 Å². The molecule has 4 atom stereocenters. The van der Waals surface area contributed by atoms with Gasteiger partial charge >= 0.3 is 11.9 Å². The summed E-state index contributed by atoms with van der Waals surface area (Å²) < 4.78 is 0. The van der Waals surface area contributed by atoms with Crippen molar-refractivity contribution < 1.29 is 19.8 Å². The molecule has 1 aliphatic heterocycles. The number of aliphatic carboxylic acids is 2. The summed E-state index contributed by atoms with van der Waals surface area (Å²) in [5, 5.41) is 20.8. The van der Waals surface area contributed by atoms with Crippen molar-refractivity contribution in [2.75, 3.05) is 0 Å². The molecule has 0 bridgehead atoms. The Kier molecular flexibility index (Phi) is 3.70. The fraction of sp³-hybridized carbons (Fsp3) is 0.636. The normalized spacial score (nSPS) is 33.6. The van der Waals surface area contributed by atoms with Gasteiger partial charge in [-0.15, -0.1) is 0 Å². The van der Waals surface area contributed by atoms with Crippen LogP contribution in [0.5, 0.6) is 0 Å². The third kappa shape index (κ3) is 2.41. The van der Waals surface area contributed by atoms with Gasteiger partial charge in [0.25, 0.3) is 0 Å². The van der Waals surface area contributed by atoms with E-state index in [4.69, 9.17) is 10.2 Å². The Labute approximate surface area is 94.2 Å². The van der Waals surface area contributed by atoms with Crippen LogP contribution in [-0.2, 0) is 9.59 Å². The van der Waals surface area contributed by atoms with Crippen molar-refractivity contribution in [3.63, 3.8) is 0 Å².